The van der Waals surface area contributed by atoms with Gasteiger partial charge < -0.3 is 4.74 Å². The molecule has 1 unspecified atom stereocenters. The average molecular weight is 259 g/mol. The van der Waals surface area contributed by atoms with E-state index in [0.29, 0.717) is 5.92 Å². The molecule has 3 heteroatoms. The minimum atomic E-state index is 0.0120. The van der Waals surface area contributed by atoms with Crippen LogP contribution in [0.1, 0.15) is 32.6 Å². The van der Waals surface area contributed by atoms with Gasteiger partial charge in [0.15, 0.2) is 0 Å². The Bertz CT molecular complexity index is 481. The molecule has 0 aromatic heterocycles. The molecule has 0 amide bonds. The number of carbonyl (C=O) groups is 1. The summed E-state index contributed by atoms with van der Waals surface area (Å²) < 4.78 is 5.79. The highest BCUT2D eigenvalue weighted by Gasteiger charge is 2.57. The Morgan fingerprint density at radius 3 is 3.26 bits per heavy atom. The number of rotatable bonds is 0. The number of piperidine rings is 1. The summed E-state index contributed by atoms with van der Waals surface area (Å²) >= 11 is 0. The van der Waals surface area contributed by atoms with Gasteiger partial charge in [-0.2, -0.15) is 0 Å². The molecule has 19 heavy (non-hydrogen) atoms. The SMILES string of the molecule is CC1C[C@@]23C4=CC[C@@H](OC1=O)[C@H]2CCCN3CC=C4. The minimum Gasteiger partial charge on any atom is -0.461 e. The molecule has 4 rings (SSSR count). The molecule has 3 aliphatic heterocycles. The number of carbonyl (C=O) groups excluding carboxylic acids is 1. The minimum absolute atomic E-state index is 0.0120. The van der Waals surface area contributed by atoms with E-state index in [4.69, 9.17) is 4.74 Å². The van der Waals surface area contributed by atoms with Crippen molar-refractivity contribution in [3.63, 3.8) is 0 Å². The lowest BCUT2D eigenvalue weighted by Crippen LogP contribution is -2.63. The van der Waals surface area contributed by atoms with Crippen molar-refractivity contribution < 1.29 is 9.53 Å². The third-order valence-corrected chi connectivity index (χ3v) is 5.55. The first-order chi connectivity index (χ1) is 9.22. The van der Waals surface area contributed by atoms with Gasteiger partial charge in [0, 0.05) is 18.9 Å². The smallest absolute Gasteiger partial charge is 0.309 e. The number of ether oxygens (including phenoxy) is 1. The summed E-state index contributed by atoms with van der Waals surface area (Å²) in [5, 5.41) is 0. The fraction of sp³-hybridized carbons (Fsp3) is 0.688. The molecule has 3 nitrogen and oxygen atoms in total. The molecule has 102 valence electrons. The maximum absolute atomic E-state index is 12.1. The van der Waals surface area contributed by atoms with E-state index >= 15 is 0 Å². The summed E-state index contributed by atoms with van der Waals surface area (Å²) in [5.74, 6) is 0.527. The van der Waals surface area contributed by atoms with Crippen LogP contribution in [0.3, 0.4) is 0 Å². The largest absolute Gasteiger partial charge is 0.461 e. The summed E-state index contributed by atoms with van der Waals surface area (Å²) in [7, 11) is 0. The summed E-state index contributed by atoms with van der Waals surface area (Å²) in [6, 6.07) is 0. The molecule has 2 saturated heterocycles. The highest BCUT2D eigenvalue weighted by Crippen LogP contribution is 2.52. The Balaban J connectivity index is 1.89. The van der Waals surface area contributed by atoms with Gasteiger partial charge in [-0.1, -0.05) is 25.2 Å². The van der Waals surface area contributed by atoms with E-state index in [9.17, 15) is 4.79 Å². The van der Waals surface area contributed by atoms with Gasteiger partial charge in [-0.25, -0.2) is 0 Å². The average Bonchev–Trinajstić information content (AvgIpc) is 2.47. The van der Waals surface area contributed by atoms with Gasteiger partial charge in [0.1, 0.15) is 6.10 Å². The Labute approximate surface area is 114 Å². The van der Waals surface area contributed by atoms with E-state index in [0.717, 1.165) is 25.9 Å². The van der Waals surface area contributed by atoms with Crippen molar-refractivity contribution in [2.75, 3.05) is 13.1 Å². The van der Waals surface area contributed by atoms with Crippen LogP contribution in [0.5, 0.6) is 0 Å². The number of esters is 1. The molecule has 0 aromatic carbocycles. The van der Waals surface area contributed by atoms with Crippen LogP contribution >= 0.6 is 0 Å². The lowest BCUT2D eigenvalue weighted by atomic mass is 9.62. The Morgan fingerprint density at radius 1 is 1.47 bits per heavy atom. The van der Waals surface area contributed by atoms with Gasteiger partial charge in [-0.05, 0) is 31.4 Å². The molecule has 2 bridgehead atoms. The molecular formula is C16H21NO2. The zero-order chi connectivity index (χ0) is 13.0. The topological polar surface area (TPSA) is 29.5 Å². The molecule has 0 radical (unpaired) electrons. The molecule has 4 aliphatic rings. The highest BCUT2D eigenvalue weighted by atomic mass is 16.5. The molecule has 0 saturated carbocycles. The third-order valence-electron chi connectivity index (χ3n) is 5.55. The maximum atomic E-state index is 12.1. The van der Waals surface area contributed by atoms with E-state index in [2.05, 4.69) is 23.1 Å². The van der Waals surface area contributed by atoms with E-state index in [-0.39, 0.29) is 23.5 Å². The lowest BCUT2D eigenvalue weighted by molar-refractivity contribution is -0.154. The quantitative estimate of drug-likeness (QED) is 0.625. The summed E-state index contributed by atoms with van der Waals surface area (Å²) in [6.45, 7) is 4.22. The van der Waals surface area contributed by atoms with Crippen molar-refractivity contribution in [1.82, 2.24) is 4.90 Å². The van der Waals surface area contributed by atoms with Crippen LogP contribution in [-0.2, 0) is 9.53 Å². The maximum Gasteiger partial charge on any atom is 0.309 e. The van der Waals surface area contributed by atoms with E-state index in [1.54, 1.807) is 0 Å². The van der Waals surface area contributed by atoms with Crippen molar-refractivity contribution in [2.24, 2.45) is 11.8 Å². The molecule has 1 aliphatic carbocycles. The van der Waals surface area contributed by atoms with Gasteiger partial charge in [0.2, 0.25) is 0 Å². The predicted molar refractivity (Wildman–Crippen MR) is 72.5 cm³/mol. The molecular weight excluding hydrogens is 238 g/mol. The van der Waals surface area contributed by atoms with Gasteiger partial charge in [0.25, 0.3) is 0 Å². The first-order valence-electron chi connectivity index (χ1n) is 7.54. The van der Waals surface area contributed by atoms with Crippen molar-refractivity contribution in [1.29, 1.82) is 0 Å². The summed E-state index contributed by atoms with van der Waals surface area (Å²) in [6.07, 6.45) is 11.3. The first kappa shape index (κ1) is 11.7. The van der Waals surface area contributed by atoms with Gasteiger partial charge in [-0.15, -0.1) is 0 Å². The molecule has 4 atom stereocenters. The number of hydrogen-bond donors (Lipinski definition) is 0. The van der Waals surface area contributed by atoms with Crippen molar-refractivity contribution in [2.45, 2.75) is 44.2 Å². The zero-order valence-corrected chi connectivity index (χ0v) is 11.5. The fourth-order valence-electron chi connectivity index (χ4n) is 4.77. The van der Waals surface area contributed by atoms with Crippen LogP contribution in [0.4, 0.5) is 0 Å². The second-order valence-corrected chi connectivity index (χ2v) is 6.50. The predicted octanol–water partition coefficient (Wildman–Crippen LogP) is 2.29. The lowest BCUT2D eigenvalue weighted by Gasteiger charge is -2.57. The standard InChI is InChI=1S/C16H21NO2/c1-11-10-16-12-4-2-8-17(16)9-3-5-13(16)14(7-6-12)19-15(11)18/h2,4,6,11,13-14H,3,5,7-10H2,1H3/t11?,13-,14-,16-/m1/s1. The van der Waals surface area contributed by atoms with Crippen LogP contribution in [0.15, 0.2) is 23.8 Å². The molecule has 0 aromatic rings. The summed E-state index contributed by atoms with van der Waals surface area (Å²) in [4.78, 5) is 14.7. The van der Waals surface area contributed by atoms with Crippen LogP contribution < -0.4 is 0 Å². The second kappa shape index (κ2) is 3.95. The first-order valence-corrected chi connectivity index (χ1v) is 7.54. The van der Waals surface area contributed by atoms with Crippen LogP contribution in [0.2, 0.25) is 0 Å². The van der Waals surface area contributed by atoms with Crippen LogP contribution in [0.25, 0.3) is 0 Å². The Hall–Kier alpha value is -1.09. The second-order valence-electron chi connectivity index (χ2n) is 6.50. The molecule has 0 N–H and O–H groups in total. The Morgan fingerprint density at radius 2 is 2.37 bits per heavy atom. The van der Waals surface area contributed by atoms with Crippen molar-refractivity contribution in [3.8, 4) is 0 Å². The van der Waals surface area contributed by atoms with Crippen molar-refractivity contribution >= 4 is 5.97 Å². The van der Waals surface area contributed by atoms with Gasteiger partial charge in [-0.3, -0.25) is 9.69 Å². The van der Waals surface area contributed by atoms with Crippen LogP contribution in [0, 0.1) is 11.8 Å². The van der Waals surface area contributed by atoms with Gasteiger partial charge in [0.05, 0.1) is 11.5 Å². The Kier molecular flexibility index (Phi) is 2.44. The number of hydrogen-bond acceptors (Lipinski definition) is 3. The monoisotopic (exact) mass is 259 g/mol. The van der Waals surface area contributed by atoms with Crippen LogP contribution in [-0.4, -0.2) is 35.6 Å². The van der Waals surface area contributed by atoms with E-state index < -0.39 is 0 Å². The molecule has 3 heterocycles. The normalized spacial score (nSPS) is 45.0. The summed E-state index contributed by atoms with van der Waals surface area (Å²) in [5.41, 5.74) is 1.53. The molecule has 2 fully saturated rings. The van der Waals surface area contributed by atoms with E-state index in [1.807, 2.05) is 6.92 Å². The highest BCUT2D eigenvalue weighted by molar-refractivity contribution is 5.73. The van der Waals surface area contributed by atoms with Crippen molar-refractivity contribution in [3.05, 3.63) is 23.8 Å². The number of nitrogens with zero attached hydrogens (tertiary/aromatic N) is 1. The zero-order valence-electron chi connectivity index (χ0n) is 11.5. The third kappa shape index (κ3) is 1.45. The fourth-order valence-corrected chi connectivity index (χ4v) is 4.77. The molecule has 1 spiro atoms. The van der Waals surface area contributed by atoms with Gasteiger partial charge >= 0.3 is 5.97 Å². The van der Waals surface area contributed by atoms with E-state index in [1.165, 1.54) is 18.4 Å².